The molecule has 3 aliphatic rings. The number of fused-ring (bicyclic) bond motifs is 6. The first-order valence-corrected chi connectivity index (χ1v) is 14.3. The Morgan fingerprint density at radius 3 is 2.00 bits per heavy atom. The molecular weight excluding hydrogens is 538 g/mol. The fraction of sp³-hybridized carbons (Fsp3) is 0.355. The highest BCUT2D eigenvalue weighted by atomic mass is 16.6. The van der Waals surface area contributed by atoms with E-state index in [0.717, 1.165) is 52.4 Å². The number of nitrogens with one attached hydrogen (secondary N) is 4. The molecule has 0 bridgehead atoms. The monoisotopic (exact) mass is 573 g/mol. The molecule has 3 aromatic carbocycles. The number of esters is 1. The highest BCUT2D eigenvalue weighted by Gasteiger charge is 2.53. The molecule has 11 heteroatoms. The van der Waals surface area contributed by atoms with Gasteiger partial charge in [-0.25, -0.2) is 4.79 Å². The van der Waals surface area contributed by atoms with Crippen LogP contribution in [0, 0.1) is 0 Å². The molecule has 0 radical (unpaired) electrons. The number of carbonyl (C=O) groups is 2. The highest BCUT2D eigenvalue weighted by Crippen LogP contribution is 2.57. The second kappa shape index (κ2) is 12.0. The van der Waals surface area contributed by atoms with Crippen LogP contribution in [0.25, 0.3) is 0 Å². The van der Waals surface area contributed by atoms with E-state index >= 15 is 0 Å². The number of nitrogens with zero attached hydrogens (tertiary/aromatic N) is 1. The van der Waals surface area contributed by atoms with Gasteiger partial charge < -0.3 is 41.0 Å². The molecule has 1 spiro atoms. The van der Waals surface area contributed by atoms with Crippen LogP contribution in [0.15, 0.2) is 54.6 Å². The molecule has 3 heterocycles. The van der Waals surface area contributed by atoms with Gasteiger partial charge in [0.2, 0.25) is 0 Å². The summed E-state index contributed by atoms with van der Waals surface area (Å²) in [7, 11) is 0. The number of amides is 1. The number of aromatic hydroxyl groups is 2. The summed E-state index contributed by atoms with van der Waals surface area (Å²) >= 11 is 0. The van der Waals surface area contributed by atoms with Gasteiger partial charge >= 0.3 is 5.97 Å². The number of phenolic OH excluding ortho intramolecular Hbond substituents is 2. The zero-order valence-corrected chi connectivity index (χ0v) is 23.2. The zero-order valence-electron chi connectivity index (χ0n) is 23.2. The van der Waals surface area contributed by atoms with E-state index in [0.29, 0.717) is 46.8 Å². The van der Waals surface area contributed by atoms with E-state index in [1.807, 2.05) is 0 Å². The molecule has 6 N–H and O–H groups in total. The first kappa shape index (κ1) is 28.0. The quantitative estimate of drug-likeness (QED) is 0.254. The number of carbonyl (C=O) groups excluding carboxylic acids is 2. The van der Waals surface area contributed by atoms with Gasteiger partial charge in [0.05, 0.1) is 5.56 Å². The molecule has 1 amide bonds. The summed E-state index contributed by atoms with van der Waals surface area (Å²) in [5, 5.41) is 33.5. The molecule has 3 aromatic rings. The Morgan fingerprint density at radius 1 is 0.810 bits per heavy atom. The Kier molecular flexibility index (Phi) is 7.98. The number of rotatable bonds is 4. The van der Waals surface area contributed by atoms with Gasteiger partial charge in [0.15, 0.2) is 5.60 Å². The standard InChI is InChI=1S/C31H35N5O6/c37-21-2-5-25-27(18-21)41-28-19-22(38)3-6-26(28)31(25)24-4-1-20(17-23(24)30(40)42-31)29(39)35-13-16-36-14-11-33-9-7-32-8-10-34-12-15-36/h1-6,17-19,32-34,37-38H,7-16H2,(H,35,39). The summed E-state index contributed by atoms with van der Waals surface area (Å²) in [4.78, 5) is 28.8. The van der Waals surface area contributed by atoms with Crippen molar-refractivity contribution in [3.05, 3.63) is 82.4 Å². The maximum absolute atomic E-state index is 13.3. The number of ether oxygens (including phenoxy) is 2. The van der Waals surface area contributed by atoms with Crippen molar-refractivity contribution < 1.29 is 29.3 Å². The average Bonchev–Trinajstić information content (AvgIpc) is 3.25. The second-order valence-corrected chi connectivity index (χ2v) is 10.6. The maximum Gasteiger partial charge on any atom is 0.340 e. The lowest BCUT2D eigenvalue weighted by molar-refractivity contribution is 0.0224. The number of benzene rings is 3. The Morgan fingerprint density at radius 2 is 1.38 bits per heavy atom. The summed E-state index contributed by atoms with van der Waals surface area (Å²) in [5.41, 5.74) is 0.905. The predicted octanol–water partition coefficient (Wildman–Crippen LogP) is 1.48. The highest BCUT2D eigenvalue weighted by molar-refractivity contribution is 6.01. The van der Waals surface area contributed by atoms with Crippen LogP contribution in [-0.4, -0.2) is 92.4 Å². The molecule has 0 saturated carbocycles. The molecule has 1 fully saturated rings. The van der Waals surface area contributed by atoms with Crippen molar-refractivity contribution in [2.75, 3.05) is 65.4 Å². The van der Waals surface area contributed by atoms with Crippen LogP contribution in [0.1, 0.15) is 37.4 Å². The first-order chi connectivity index (χ1) is 20.5. The third kappa shape index (κ3) is 5.39. The van der Waals surface area contributed by atoms with Crippen molar-refractivity contribution >= 4 is 11.9 Å². The molecule has 6 rings (SSSR count). The molecule has 3 aliphatic heterocycles. The second-order valence-electron chi connectivity index (χ2n) is 10.6. The SMILES string of the molecule is O=C(NCCN1CCNCCNCCNCC1)c1ccc2c(c1)C(=O)OC21c2ccc(O)cc2Oc2cc(O)ccc21. The average molecular weight is 574 g/mol. The topological polar surface area (TPSA) is 144 Å². The van der Waals surface area contributed by atoms with Gasteiger partial charge in [0.25, 0.3) is 5.91 Å². The summed E-state index contributed by atoms with van der Waals surface area (Å²) < 4.78 is 12.1. The summed E-state index contributed by atoms with van der Waals surface area (Å²) in [5.74, 6) is -0.262. The lowest BCUT2D eigenvalue weighted by atomic mass is 9.77. The van der Waals surface area contributed by atoms with E-state index in [-0.39, 0.29) is 23.0 Å². The van der Waals surface area contributed by atoms with Crippen LogP contribution in [0.2, 0.25) is 0 Å². The minimum Gasteiger partial charge on any atom is -0.508 e. The van der Waals surface area contributed by atoms with Crippen LogP contribution in [0.4, 0.5) is 0 Å². The van der Waals surface area contributed by atoms with Gasteiger partial charge in [-0.3, -0.25) is 9.69 Å². The normalized spacial score (nSPS) is 18.4. The van der Waals surface area contributed by atoms with E-state index < -0.39 is 11.6 Å². The smallest absolute Gasteiger partial charge is 0.340 e. The molecule has 42 heavy (non-hydrogen) atoms. The van der Waals surface area contributed by atoms with Gasteiger partial charge in [0, 0.05) is 99.8 Å². The Balaban J connectivity index is 1.21. The fourth-order valence-electron chi connectivity index (χ4n) is 5.81. The van der Waals surface area contributed by atoms with Gasteiger partial charge in [0.1, 0.15) is 23.0 Å². The van der Waals surface area contributed by atoms with Crippen molar-refractivity contribution in [2.45, 2.75) is 5.60 Å². The van der Waals surface area contributed by atoms with Crippen LogP contribution >= 0.6 is 0 Å². The minimum atomic E-state index is -1.36. The Hall–Kier alpha value is -4.16. The zero-order chi connectivity index (χ0) is 29.1. The molecular formula is C31H35N5O6. The predicted molar refractivity (Wildman–Crippen MR) is 155 cm³/mol. The third-order valence-electron chi connectivity index (χ3n) is 7.92. The van der Waals surface area contributed by atoms with E-state index in [1.54, 1.807) is 30.3 Å². The number of hydrogen-bond donors (Lipinski definition) is 6. The van der Waals surface area contributed by atoms with Crippen LogP contribution < -0.4 is 26.0 Å². The molecule has 11 nitrogen and oxygen atoms in total. The first-order valence-electron chi connectivity index (χ1n) is 14.3. The van der Waals surface area contributed by atoms with Crippen molar-refractivity contribution in [3.63, 3.8) is 0 Å². The molecule has 0 aliphatic carbocycles. The van der Waals surface area contributed by atoms with Crippen LogP contribution in [0.3, 0.4) is 0 Å². The summed E-state index contributed by atoms with van der Waals surface area (Å²) in [6.45, 7) is 8.40. The lowest BCUT2D eigenvalue weighted by Crippen LogP contribution is -2.44. The Labute approximate surface area is 243 Å². The molecule has 0 atom stereocenters. The van der Waals surface area contributed by atoms with Crippen molar-refractivity contribution in [1.29, 1.82) is 0 Å². The molecule has 0 aromatic heterocycles. The molecule has 0 unspecified atom stereocenters. The summed E-state index contributed by atoms with van der Waals surface area (Å²) in [6.07, 6.45) is 0. The van der Waals surface area contributed by atoms with Crippen LogP contribution in [0.5, 0.6) is 23.0 Å². The van der Waals surface area contributed by atoms with E-state index in [1.165, 1.54) is 24.3 Å². The van der Waals surface area contributed by atoms with Crippen molar-refractivity contribution in [3.8, 4) is 23.0 Å². The van der Waals surface area contributed by atoms with Gasteiger partial charge in [-0.1, -0.05) is 6.07 Å². The third-order valence-corrected chi connectivity index (χ3v) is 7.92. The van der Waals surface area contributed by atoms with Gasteiger partial charge in [-0.15, -0.1) is 0 Å². The van der Waals surface area contributed by atoms with E-state index in [9.17, 15) is 19.8 Å². The minimum absolute atomic E-state index is 0.0124. The van der Waals surface area contributed by atoms with E-state index in [2.05, 4.69) is 26.2 Å². The van der Waals surface area contributed by atoms with Crippen LogP contribution in [-0.2, 0) is 10.3 Å². The van der Waals surface area contributed by atoms with Crippen molar-refractivity contribution in [1.82, 2.24) is 26.2 Å². The fourth-order valence-corrected chi connectivity index (χ4v) is 5.81. The Bertz CT molecular complexity index is 1430. The summed E-state index contributed by atoms with van der Waals surface area (Å²) in [6, 6.07) is 14.2. The number of phenols is 2. The lowest BCUT2D eigenvalue weighted by Gasteiger charge is -2.36. The largest absolute Gasteiger partial charge is 0.508 e. The van der Waals surface area contributed by atoms with Gasteiger partial charge in [-0.2, -0.15) is 0 Å². The van der Waals surface area contributed by atoms with E-state index in [4.69, 9.17) is 9.47 Å². The van der Waals surface area contributed by atoms with Crippen molar-refractivity contribution in [2.24, 2.45) is 0 Å². The molecule has 220 valence electrons. The number of hydrogen-bond acceptors (Lipinski definition) is 10. The van der Waals surface area contributed by atoms with Gasteiger partial charge in [-0.05, 0) is 36.4 Å². The maximum atomic E-state index is 13.3. The molecule has 1 saturated heterocycles.